The fourth-order valence-electron chi connectivity index (χ4n) is 1.84. The standard InChI is InChI=1S/C13H17ClN4/c1-3-10-6-11(4-2)18(17-10)13-5-9(7-15)12(14)8-16-13/h5-6,8H,3-4,7,15H2,1-2H3. The molecule has 2 aromatic rings. The number of hydrogen-bond acceptors (Lipinski definition) is 3. The highest BCUT2D eigenvalue weighted by molar-refractivity contribution is 6.31. The van der Waals surface area contributed by atoms with E-state index in [1.54, 1.807) is 6.20 Å². The summed E-state index contributed by atoms with van der Waals surface area (Å²) < 4.78 is 1.87. The minimum Gasteiger partial charge on any atom is -0.326 e. The Morgan fingerprint density at radius 1 is 1.28 bits per heavy atom. The molecule has 0 radical (unpaired) electrons. The Morgan fingerprint density at radius 2 is 2.06 bits per heavy atom. The topological polar surface area (TPSA) is 56.7 Å². The maximum absolute atomic E-state index is 6.02. The predicted molar refractivity (Wildman–Crippen MR) is 73.0 cm³/mol. The molecule has 96 valence electrons. The Labute approximate surface area is 112 Å². The van der Waals surface area contributed by atoms with Crippen molar-refractivity contribution in [3.63, 3.8) is 0 Å². The molecular weight excluding hydrogens is 248 g/mol. The zero-order chi connectivity index (χ0) is 13.1. The highest BCUT2D eigenvalue weighted by Crippen LogP contribution is 2.18. The molecule has 2 N–H and O–H groups in total. The maximum atomic E-state index is 6.02. The SMILES string of the molecule is CCc1cc(CC)n(-c2cc(CN)c(Cl)cn2)n1. The van der Waals surface area contributed by atoms with Crippen molar-refractivity contribution in [2.45, 2.75) is 33.2 Å². The summed E-state index contributed by atoms with van der Waals surface area (Å²) in [5, 5.41) is 5.14. The average Bonchev–Trinajstić information content (AvgIpc) is 2.82. The predicted octanol–water partition coefficient (Wildman–Crippen LogP) is 2.50. The average molecular weight is 265 g/mol. The van der Waals surface area contributed by atoms with Crippen LogP contribution in [0.5, 0.6) is 0 Å². The minimum atomic E-state index is 0.401. The lowest BCUT2D eigenvalue weighted by Gasteiger charge is -2.07. The van der Waals surface area contributed by atoms with E-state index in [9.17, 15) is 0 Å². The summed E-state index contributed by atoms with van der Waals surface area (Å²) in [7, 11) is 0. The first-order valence-corrected chi connectivity index (χ1v) is 6.50. The molecule has 2 heterocycles. The molecule has 5 heteroatoms. The third kappa shape index (κ3) is 2.40. The number of nitrogens with zero attached hydrogens (tertiary/aromatic N) is 3. The van der Waals surface area contributed by atoms with Crippen molar-refractivity contribution in [1.82, 2.24) is 14.8 Å². The lowest BCUT2D eigenvalue weighted by atomic mass is 10.2. The molecule has 4 nitrogen and oxygen atoms in total. The van der Waals surface area contributed by atoms with Gasteiger partial charge in [-0.05, 0) is 30.5 Å². The van der Waals surface area contributed by atoms with Crippen LogP contribution in [0.3, 0.4) is 0 Å². The van der Waals surface area contributed by atoms with Gasteiger partial charge in [-0.2, -0.15) is 5.10 Å². The quantitative estimate of drug-likeness (QED) is 0.923. The number of rotatable bonds is 4. The van der Waals surface area contributed by atoms with Crippen LogP contribution in [0.4, 0.5) is 0 Å². The van der Waals surface area contributed by atoms with E-state index in [4.69, 9.17) is 17.3 Å². The van der Waals surface area contributed by atoms with E-state index in [2.05, 4.69) is 30.0 Å². The van der Waals surface area contributed by atoms with Crippen molar-refractivity contribution in [1.29, 1.82) is 0 Å². The Morgan fingerprint density at radius 3 is 2.67 bits per heavy atom. The molecule has 0 atom stereocenters. The fourth-order valence-corrected chi connectivity index (χ4v) is 2.02. The molecule has 2 rings (SSSR count). The molecular formula is C13H17ClN4. The Balaban J connectivity index is 2.50. The van der Waals surface area contributed by atoms with Crippen molar-refractivity contribution in [3.8, 4) is 5.82 Å². The van der Waals surface area contributed by atoms with Gasteiger partial charge in [0.1, 0.15) is 0 Å². The molecule has 0 fully saturated rings. The largest absolute Gasteiger partial charge is 0.326 e. The van der Waals surface area contributed by atoms with Gasteiger partial charge in [-0.3, -0.25) is 0 Å². The Bertz CT molecular complexity index is 548. The van der Waals surface area contributed by atoms with Gasteiger partial charge in [0, 0.05) is 18.4 Å². The van der Waals surface area contributed by atoms with Crippen LogP contribution in [-0.2, 0) is 19.4 Å². The normalized spacial score (nSPS) is 10.9. The van der Waals surface area contributed by atoms with E-state index in [1.165, 1.54) is 0 Å². The van der Waals surface area contributed by atoms with Crippen LogP contribution in [0.15, 0.2) is 18.3 Å². The van der Waals surface area contributed by atoms with Gasteiger partial charge in [-0.25, -0.2) is 9.67 Å². The summed E-state index contributed by atoms with van der Waals surface area (Å²) >= 11 is 6.02. The summed E-state index contributed by atoms with van der Waals surface area (Å²) in [6.45, 7) is 4.59. The molecule has 0 saturated heterocycles. The molecule has 0 unspecified atom stereocenters. The molecule has 0 amide bonds. The van der Waals surface area contributed by atoms with Crippen molar-refractivity contribution in [2.24, 2.45) is 5.73 Å². The van der Waals surface area contributed by atoms with Crippen LogP contribution in [0, 0.1) is 0 Å². The van der Waals surface area contributed by atoms with Gasteiger partial charge in [0.2, 0.25) is 0 Å². The van der Waals surface area contributed by atoms with Gasteiger partial charge in [0.05, 0.1) is 10.7 Å². The number of hydrogen-bond donors (Lipinski definition) is 1. The molecule has 0 aromatic carbocycles. The summed E-state index contributed by atoms with van der Waals surface area (Å²) in [5.41, 5.74) is 8.75. The molecule has 2 aromatic heterocycles. The number of aryl methyl sites for hydroxylation is 2. The van der Waals surface area contributed by atoms with E-state index in [0.717, 1.165) is 35.6 Å². The number of nitrogens with two attached hydrogens (primary N) is 1. The molecule has 0 bridgehead atoms. The maximum Gasteiger partial charge on any atom is 0.154 e. The molecule has 0 saturated carbocycles. The van der Waals surface area contributed by atoms with Gasteiger partial charge >= 0.3 is 0 Å². The monoisotopic (exact) mass is 264 g/mol. The van der Waals surface area contributed by atoms with Gasteiger partial charge < -0.3 is 5.73 Å². The van der Waals surface area contributed by atoms with Crippen LogP contribution in [0.2, 0.25) is 5.02 Å². The second-order valence-corrected chi connectivity index (χ2v) is 4.49. The molecule has 18 heavy (non-hydrogen) atoms. The summed E-state index contributed by atoms with van der Waals surface area (Å²) in [5.74, 6) is 0.774. The van der Waals surface area contributed by atoms with E-state index in [1.807, 2.05) is 10.7 Å². The van der Waals surface area contributed by atoms with Crippen molar-refractivity contribution >= 4 is 11.6 Å². The van der Waals surface area contributed by atoms with E-state index in [0.29, 0.717) is 11.6 Å². The lowest BCUT2D eigenvalue weighted by molar-refractivity contribution is 0.770. The van der Waals surface area contributed by atoms with Crippen molar-refractivity contribution in [2.75, 3.05) is 0 Å². The minimum absolute atomic E-state index is 0.401. The smallest absolute Gasteiger partial charge is 0.154 e. The lowest BCUT2D eigenvalue weighted by Crippen LogP contribution is -2.06. The highest BCUT2D eigenvalue weighted by Gasteiger charge is 2.10. The van der Waals surface area contributed by atoms with Crippen LogP contribution < -0.4 is 5.73 Å². The second kappa shape index (κ2) is 5.50. The van der Waals surface area contributed by atoms with Crippen LogP contribution in [0.25, 0.3) is 5.82 Å². The number of aromatic nitrogens is 3. The van der Waals surface area contributed by atoms with Gasteiger partial charge in [0.25, 0.3) is 0 Å². The molecule has 0 aliphatic heterocycles. The number of halogens is 1. The van der Waals surface area contributed by atoms with Crippen LogP contribution >= 0.6 is 11.6 Å². The van der Waals surface area contributed by atoms with E-state index >= 15 is 0 Å². The zero-order valence-electron chi connectivity index (χ0n) is 10.7. The molecule has 0 aliphatic carbocycles. The van der Waals surface area contributed by atoms with E-state index < -0.39 is 0 Å². The summed E-state index contributed by atoms with van der Waals surface area (Å²) in [4.78, 5) is 4.33. The van der Waals surface area contributed by atoms with E-state index in [-0.39, 0.29) is 0 Å². The summed E-state index contributed by atoms with van der Waals surface area (Å²) in [6.07, 6.45) is 3.46. The van der Waals surface area contributed by atoms with Gasteiger partial charge in [-0.1, -0.05) is 25.4 Å². The first kappa shape index (κ1) is 13.1. The first-order valence-electron chi connectivity index (χ1n) is 6.12. The molecule has 0 spiro atoms. The first-order chi connectivity index (χ1) is 8.69. The van der Waals surface area contributed by atoms with Gasteiger partial charge in [0.15, 0.2) is 5.82 Å². The van der Waals surface area contributed by atoms with Crippen molar-refractivity contribution in [3.05, 3.63) is 40.3 Å². The zero-order valence-corrected chi connectivity index (χ0v) is 11.4. The highest BCUT2D eigenvalue weighted by atomic mass is 35.5. The third-order valence-electron chi connectivity index (χ3n) is 2.92. The van der Waals surface area contributed by atoms with Crippen molar-refractivity contribution < 1.29 is 0 Å². The molecule has 0 aliphatic rings. The van der Waals surface area contributed by atoms with Crippen LogP contribution in [-0.4, -0.2) is 14.8 Å². The third-order valence-corrected chi connectivity index (χ3v) is 3.26. The second-order valence-electron chi connectivity index (χ2n) is 4.08. The Kier molecular flexibility index (Phi) is 3.99. The number of pyridine rings is 1. The summed E-state index contributed by atoms with van der Waals surface area (Å²) in [6, 6.07) is 4.01. The van der Waals surface area contributed by atoms with Crippen LogP contribution in [0.1, 0.15) is 30.8 Å². The van der Waals surface area contributed by atoms with Gasteiger partial charge in [-0.15, -0.1) is 0 Å². The Hall–Kier alpha value is -1.39. The fraction of sp³-hybridized carbons (Fsp3) is 0.385.